The number of nitrogens with one attached hydrogen (secondary N) is 2. The summed E-state index contributed by atoms with van der Waals surface area (Å²) in [7, 11) is 0. The minimum atomic E-state index is -0.0575. The van der Waals surface area contributed by atoms with Crippen LogP contribution in [0, 0.1) is 0 Å². The first-order chi connectivity index (χ1) is 11.2. The maximum atomic E-state index is 11.2. The van der Waals surface area contributed by atoms with Crippen molar-refractivity contribution < 1.29 is 9.53 Å². The highest BCUT2D eigenvalue weighted by Crippen LogP contribution is 2.24. The number of carbonyl (C=O) groups is 1. The summed E-state index contributed by atoms with van der Waals surface area (Å²) in [6, 6.07) is 0. The van der Waals surface area contributed by atoms with Crippen molar-refractivity contribution in [2.24, 2.45) is 0 Å². The van der Waals surface area contributed by atoms with Crippen molar-refractivity contribution in [3.8, 4) is 0 Å². The van der Waals surface area contributed by atoms with Crippen LogP contribution in [-0.4, -0.2) is 64.0 Å². The summed E-state index contributed by atoms with van der Waals surface area (Å²) >= 11 is 9.13. The molecule has 0 radical (unpaired) electrons. The van der Waals surface area contributed by atoms with Crippen LogP contribution < -0.4 is 10.2 Å². The van der Waals surface area contributed by atoms with Gasteiger partial charge in [-0.1, -0.05) is 15.9 Å². The normalized spacial score (nSPS) is 15.1. The van der Waals surface area contributed by atoms with Gasteiger partial charge in [0.15, 0.2) is 17.0 Å². The molecule has 0 unspecified atom stereocenters. The van der Waals surface area contributed by atoms with E-state index in [9.17, 15) is 4.79 Å². The molecule has 10 heteroatoms. The van der Waals surface area contributed by atoms with Gasteiger partial charge in [-0.05, 0) is 11.6 Å². The topological polar surface area (TPSA) is 96.0 Å². The molecular formula is C13H16BrClN6O2. The quantitative estimate of drug-likeness (QED) is 0.569. The summed E-state index contributed by atoms with van der Waals surface area (Å²) in [5, 5.41) is 3.25. The molecule has 2 aromatic heterocycles. The molecule has 1 aliphatic heterocycles. The molecule has 1 saturated heterocycles. The van der Waals surface area contributed by atoms with Gasteiger partial charge in [-0.25, -0.2) is 4.98 Å². The molecule has 2 N–H and O–H groups in total. The zero-order valence-corrected chi connectivity index (χ0v) is 14.7. The first-order valence-electron chi connectivity index (χ1n) is 7.25. The number of anilines is 1. The van der Waals surface area contributed by atoms with E-state index in [0.29, 0.717) is 37.3 Å². The number of H-pyrrole nitrogens is 1. The van der Waals surface area contributed by atoms with Gasteiger partial charge in [-0.2, -0.15) is 9.97 Å². The van der Waals surface area contributed by atoms with Crippen molar-refractivity contribution in [2.75, 3.05) is 43.1 Å². The van der Waals surface area contributed by atoms with Gasteiger partial charge >= 0.3 is 0 Å². The Morgan fingerprint density at radius 3 is 2.87 bits per heavy atom. The molecule has 8 nitrogen and oxygen atoms in total. The van der Waals surface area contributed by atoms with E-state index in [-0.39, 0.29) is 16.5 Å². The SMILES string of the molecule is O=C(CBr)NCCc1nc2c(N3CCOCC3)nc(Cl)nc2[nH]1. The summed E-state index contributed by atoms with van der Waals surface area (Å²) in [6.45, 7) is 3.29. The number of amides is 1. The molecule has 0 aliphatic carbocycles. The molecule has 0 bridgehead atoms. The van der Waals surface area contributed by atoms with Crippen LogP contribution in [0.2, 0.25) is 5.28 Å². The molecule has 0 saturated carbocycles. The Hall–Kier alpha value is -1.45. The summed E-state index contributed by atoms with van der Waals surface area (Å²) < 4.78 is 5.36. The zero-order chi connectivity index (χ0) is 16.2. The van der Waals surface area contributed by atoms with Crippen molar-refractivity contribution >= 4 is 50.4 Å². The second-order valence-electron chi connectivity index (χ2n) is 5.03. The van der Waals surface area contributed by atoms with Crippen LogP contribution >= 0.6 is 27.5 Å². The highest BCUT2D eigenvalue weighted by atomic mass is 79.9. The van der Waals surface area contributed by atoms with E-state index in [1.54, 1.807) is 0 Å². The van der Waals surface area contributed by atoms with E-state index in [4.69, 9.17) is 16.3 Å². The maximum absolute atomic E-state index is 11.2. The Morgan fingerprint density at radius 1 is 1.35 bits per heavy atom. The number of hydrogen-bond donors (Lipinski definition) is 2. The number of halogens is 2. The Morgan fingerprint density at radius 2 is 2.13 bits per heavy atom. The van der Waals surface area contributed by atoms with Crippen LogP contribution in [0.25, 0.3) is 11.2 Å². The summed E-state index contributed by atoms with van der Waals surface area (Å²) in [5.41, 5.74) is 1.30. The summed E-state index contributed by atoms with van der Waals surface area (Å²) in [5.74, 6) is 1.40. The van der Waals surface area contributed by atoms with Crippen molar-refractivity contribution in [1.29, 1.82) is 0 Å². The van der Waals surface area contributed by atoms with Crippen molar-refractivity contribution in [3.05, 3.63) is 11.1 Å². The number of imidazole rings is 1. The number of fused-ring (bicyclic) bond motifs is 1. The van der Waals surface area contributed by atoms with E-state index < -0.39 is 0 Å². The van der Waals surface area contributed by atoms with Crippen molar-refractivity contribution in [3.63, 3.8) is 0 Å². The minimum absolute atomic E-state index is 0.0575. The molecule has 2 aromatic rings. The number of aromatic amines is 1. The van der Waals surface area contributed by atoms with Gasteiger partial charge in [0.05, 0.1) is 18.5 Å². The first-order valence-corrected chi connectivity index (χ1v) is 8.75. The lowest BCUT2D eigenvalue weighted by Crippen LogP contribution is -2.37. The predicted molar refractivity (Wildman–Crippen MR) is 90.2 cm³/mol. The molecule has 1 aliphatic rings. The Bertz CT molecular complexity index is 703. The average molecular weight is 404 g/mol. The summed E-state index contributed by atoms with van der Waals surface area (Å²) in [4.78, 5) is 29.6. The second kappa shape index (κ2) is 7.41. The molecule has 0 atom stereocenters. The lowest BCUT2D eigenvalue weighted by Gasteiger charge is -2.27. The van der Waals surface area contributed by atoms with Crippen LogP contribution in [0.1, 0.15) is 5.82 Å². The molecule has 1 amide bonds. The van der Waals surface area contributed by atoms with E-state index in [2.05, 4.69) is 46.1 Å². The smallest absolute Gasteiger partial charge is 0.230 e. The summed E-state index contributed by atoms with van der Waals surface area (Å²) in [6.07, 6.45) is 0.579. The highest BCUT2D eigenvalue weighted by molar-refractivity contribution is 9.09. The lowest BCUT2D eigenvalue weighted by atomic mass is 10.4. The largest absolute Gasteiger partial charge is 0.378 e. The van der Waals surface area contributed by atoms with Crippen molar-refractivity contribution in [1.82, 2.24) is 25.3 Å². The minimum Gasteiger partial charge on any atom is -0.378 e. The van der Waals surface area contributed by atoms with Gasteiger partial charge in [0.1, 0.15) is 5.82 Å². The predicted octanol–water partition coefficient (Wildman–Crippen LogP) is 0.896. The fraction of sp³-hybridized carbons (Fsp3) is 0.538. The van der Waals surface area contributed by atoms with Crippen LogP contribution in [0.4, 0.5) is 5.82 Å². The molecule has 0 spiro atoms. The number of aromatic nitrogens is 4. The van der Waals surface area contributed by atoms with Crippen molar-refractivity contribution in [2.45, 2.75) is 6.42 Å². The fourth-order valence-corrected chi connectivity index (χ4v) is 2.75. The third-order valence-electron chi connectivity index (χ3n) is 3.46. The Labute approximate surface area is 146 Å². The van der Waals surface area contributed by atoms with Gasteiger partial charge in [0.2, 0.25) is 11.2 Å². The number of ether oxygens (including phenoxy) is 1. The van der Waals surface area contributed by atoms with Crippen LogP contribution in [0.5, 0.6) is 0 Å². The molecule has 3 heterocycles. The van der Waals surface area contributed by atoms with Crippen LogP contribution in [0.15, 0.2) is 0 Å². The molecule has 23 heavy (non-hydrogen) atoms. The highest BCUT2D eigenvalue weighted by Gasteiger charge is 2.19. The van der Waals surface area contributed by atoms with E-state index in [1.165, 1.54) is 0 Å². The molecule has 124 valence electrons. The van der Waals surface area contributed by atoms with Gasteiger partial charge in [-0.3, -0.25) is 4.79 Å². The maximum Gasteiger partial charge on any atom is 0.230 e. The number of rotatable bonds is 5. The van der Waals surface area contributed by atoms with E-state index in [0.717, 1.165) is 24.7 Å². The third-order valence-corrected chi connectivity index (χ3v) is 4.14. The van der Waals surface area contributed by atoms with Gasteiger partial charge in [0, 0.05) is 26.1 Å². The molecule has 1 fully saturated rings. The molecule has 0 aromatic carbocycles. The monoisotopic (exact) mass is 402 g/mol. The number of hydrogen-bond acceptors (Lipinski definition) is 6. The zero-order valence-electron chi connectivity index (χ0n) is 12.3. The number of morpholine rings is 1. The Balaban J connectivity index is 1.81. The average Bonchev–Trinajstić information content (AvgIpc) is 2.97. The van der Waals surface area contributed by atoms with Crippen LogP contribution in [0.3, 0.4) is 0 Å². The molecule has 3 rings (SSSR count). The van der Waals surface area contributed by atoms with Gasteiger partial charge in [0.25, 0.3) is 0 Å². The van der Waals surface area contributed by atoms with Crippen LogP contribution in [-0.2, 0) is 16.0 Å². The van der Waals surface area contributed by atoms with E-state index in [1.807, 2.05) is 0 Å². The van der Waals surface area contributed by atoms with Gasteiger partial charge in [-0.15, -0.1) is 0 Å². The van der Waals surface area contributed by atoms with Gasteiger partial charge < -0.3 is 19.9 Å². The Kier molecular flexibility index (Phi) is 5.29. The first kappa shape index (κ1) is 16.4. The van der Waals surface area contributed by atoms with E-state index >= 15 is 0 Å². The number of alkyl halides is 1. The number of carbonyl (C=O) groups excluding carboxylic acids is 1. The standard InChI is InChI=1S/C13H16BrClN6O2/c14-7-9(22)16-2-1-8-17-10-11(18-8)19-13(15)20-12(10)21-3-5-23-6-4-21/h1-7H2,(H,16,22)(H,17,18,19,20). The molecular weight excluding hydrogens is 388 g/mol. The lowest BCUT2D eigenvalue weighted by molar-refractivity contribution is -0.118. The fourth-order valence-electron chi connectivity index (χ4n) is 2.39. The second-order valence-corrected chi connectivity index (χ2v) is 5.93. The number of nitrogens with zero attached hydrogens (tertiary/aromatic N) is 4. The third kappa shape index (κ3) is 3.91.